The lowest BCUT2D eigenvalue weighted by Crippen LogP contribution is -2.20. The number of nitrogens with one attached hydrogen (secondary N) is 1. The van der Waals surface area contributed by atoms with Crippen molar-refractivity contribution in [2.45, 2.75) is 19.4 Å². The molecule has 0 aliphatic rings. The maximum atomic E-state index is 6.26. The van der Waals surface area contributed by atoms with Crippen LogP contribution in [0.15, 0.2) is 66.3 Å². The number of nitrogens with zero attached hydrogens (tertiary/aromatic N) is 3. The van der Waals surface area contributed by atoms with Gasteiger partial charge in [-0.1, -0.05) is 72.1 Å². The molecule has 26 heavy (non-hydrogen) atoms. The normalized spacial score (nSPS) is 12.8. The second-order valence-corrected chi connectivity index (χ2v) is 6.90. The number of halogens is 3. The lowest BCUT2D eigenvalue weighted by atomic mass is 10.0. The smallest absolute Gasteiger partial charge is 0.0952 e. The third-order valence-electron chi connectivity index (χ3n) is 3.95. The zero-order valence-electron chi connectivity index (χ0n) is 14.0. The van der Waals surface area contributed by atoms with E-state index in [1.54, 1.807) is 24.7 Å². The summed E-state index contributed by atoms with van der Waals surface area (Å²) in [5, 5.41) is 5.95. The largest absolute Gasteiger partial charge is 0.328 e. The van der Waals surface area contributed by atoms with Gasteiger partial charge in [0.05, 0.1) is 33.8 Å². The highest BCUT2D eigenvalue weighted by atomic mass is 35.5. The molecule has 0 aliphatic carbocycles. The molecular weight excluding hydrogens is 391 g/mol. The Morgan fingerprint density at radius 1 is 1.15 bits per heavy atom. The molecule has 0 aliphatic heterocycles. The Morgan fingerprint density at radius 3 is 2.42 bits per heavy atom. The monoisotopic (exact) mass is 406 g/mol. The molecular formula is C19H17Cl3N4. The minimum Gasteiger partial charge on any atom is -0.328 e. The Bertz CT molecular complexity index is 869. The lowest BCUT2D eigenvalue weighted by Gasteiger charge is -2.20. The maximum absolute atomic E-state index is 6.26. The number of imidazole rings is 1. The van der Waals surface area contributed by atoms with Crippen molar-refractivity contribution in [1.29, 1.82) is 0 Å². The summed E-state index contributed by atoms with van der Waals surface area (Å²) >= 11 is 18.5. The average molecular weight is 408 g/mol. The van der Waals surface area contributed by atoms with Gasteiger partial charge in [-0.15, -0.1) is 0 Å². The molecule has 7 heteroatoms. The fraction of sp³-hybridized carbons (Fsp3) is 0.158. The fourth-order valence-electron chi connectivity index (χ4n) is 2.70. The van der Waals surface area contributed by atoms with E-state index in [1.807, 2.05) is 41.1 Å². The number of hydrogen-bond acceptors (Lipinski definition) is 3. The molecule has 1 atom stereocenters. The minimum atomic E-state index is 0.0113. The van der Waals surface area contributed by atoms with E-state index in [9.17, 15) is 0 Å². The van der Waals surface area contributed by atoms with Crippen LogP contribution in [0.1, 0.15) is 24.9 Å². The zero-order chi connectivity index (χ0) is 18.5. The first-order valence-electron chi connectivity index (χ1n) is 8.11. The fourth-order valence-corrected chi connectivity index (χ4v) is 3.61. The summed E-state index contributed by atoms with van der Waals surface area (Å²) in [6.07, 6.45) is 6.31. The lowest BCUT2D eigenvalue weighted by molar-refractivity contribution is 0.616. The molecule has 3 aromatic rings. The number of anilines is 1. The van der Waals surface area contributed by atoms with E-state index in [4.69, 9.17) is 34.8 Å². The second kappa shape index (κ2) is 8.58. The predicted molar refractivity (Wildman–Crippen MR) is 110 cm³/mol. The molecule has 0 saturated carbocycles. The van der Waals surface area contributed by atoms with Crippen LogP contribution in [0.25, 0.3) is 0 Å². The van der Waals surface area contributed by atoms with Gasteiger partial charge >= 0.3 is 0 Å². The molecule has 2 aromatic carbocycles. The van der Waals surface area contributed by atoms with E-state index in [0.717, 1.165) is 17.7 Å². The molecule has 134 valence electrons. The quantitative estimate of drug-likeness (QED) is 0.384. The van der Waals surface area contributed by atoms with Crippen LogP contribution in [0, 0.1) is 0 Å². The topological polar surface area (TPSA) is 42.2 Å². The summed E-state index contributed by atoms with van der Waals surface area (Å²) in [6.45, 7) is 2.10. The first-order valence-corrected chi connectivity index (χ1v) is 9.24. The molecule has 3 rings (SSSR count). The van der Waals surface area contributed by atoms with E-state index >= 15 is 0 Å². The van der Waals surface area contributed by atoms with Gasteiger partial charge in [0.2, 0.25) is 0 Å². The summed E-state index contributed by atoms with van der Waals surface area (Å²) in [5.74, 6) is 0. The van der Waals surface area contributed by atoms with E-state index in [1.165, 1.54) is 0 Å². The first kappa shape index (κ1) is 18.8. The third kappa shape index (κ3) is 4.21. The molecule has 1 heterocycles. The van der Waals surface area contributed by atoms with Crippen molar-refractivity contribution < 1.29 is 0 Å². The van der Waals surface area contributed by atoms with E-state index in [-0.39, 0.29) is 6.04 Å². The van der Waals surface area contributed by atoms with Gasteiger partial charge in [-0.05, 0) is 24.1 Å². The SMILES string of the molecule is CCC(/C(=N\Nc1c(Cl)cc(Cl)cc1Cl)c1ccccc1)n1ccnc1. The first-order chi connectivity index (χ1) is 12.6. The number of benzene rings is 2. The Balaban J connectivity index is 2.02. The molecule has 0 bridgehead atoms. The standard InChI is InChI=1S/C19H17Cl3N4/c1-2-17(26-9-8-23-12-26)18(13-6-4-3-5-7-13)24-25-19-15(21)10-14(20)11-16(19)22/h3-12,17,25H,2H2,1H3/b24-18-. The van der Waals surface area contributed by atoms with Crippen LogP contribution in [-0.4, -0.2) is 15.3 Å². The molecule has 0 fully saturated rings. The third-order valence-corrected chi connectivity index (χ3v) is 4.77. The molecule has 1 N–H and O–H groups in total. The van der Waals surface area contributed by atoms with E-state index < -0.39 is 0 Å². The van der Waals surface area contributed by atoms with Crippen molar-refractivity contribution in [1.82, 2.24) is 9.55 Å². The summed E-state index contributed by atoms with van der Waals surface area (Å²) < 4.78 is 2.03. The van der Waals surface area contributed by atoms with Gasteiger partial charge in [0.1, 0.15) is 0 Å². The van der Waals surface area contributed by atoms with Crippen molar-refractivity contribution in [3.8, 4) is 0 Å². The van der Waals surface area contributed by atoms with Gasteiger partial charge < -0.3 is 4.57 Å². The average Bonchev–Trinajstić information content (AvgIpc) is 3.15. The highest BCUT2D eigenvalue weighted by Crippen LogP contribution is 2.34. The Hall–Kier alpha value is -2.01. The van der Waals surface area contributed by atoms with Crippen molar-refractivity contribution in [2.24, 2.45) is 5.10 Å². The Labute approximate surface area is 167 Å². The highest BCUT2D eigenvalue weighted by molar-refractivity contribution is 6.41. The summed E-state index contributed by atoms with van der Waals surface area (Å²) in [5.41, 5.74) is 5.39. The van der Waals surface area contributed by atoms with Crippen molar-refractivity contribution in [3.05, 3.63) is 81.8 Å². The van der Waals surface area contributed by atoms with Crippen molar-refractivity contribution >= 4 is 46.2 Å². The Kier molecular flexibility index (Phi) is 6.20. The molecule has 0 amide bonds. The number of rotatable bonds is 6. The molecule has 0 spiro atoms. The number of aromatic nitrogens is 2. The predicted octanol–water partition coefficient (Wildman–Crippen LogP) is 6.31. The number of hydrogen-bond donors (Lipinski definition) is 1. The number of hydrazone groups is 1. The van der Waals surface area contributed by atoms with Crippen LogP contribution in [0.2, 0.25) is 15.1 Å². The summed E-state index contributed by atoms with van der Waals surface area (Å²) in [4.78, 5) is 4.15. The summed E-state index contributed by atoms with van der Waals surface area (Å²) in [6, 6.07) is 13.2. The van der Waals surface area contributed by atoms with Gasteiger partial charge in [0.15, 0.2) is 0 Å². The van der Waals surface area contributed by atoms with Crippen LogP contribution in [0.3, 0.4) is 0 Å². The highest BCUT2D eigenvalue weighted by Gasteiger charge is 2.18. The minimum absolute atomic E-state index is 0.0113. The van der Waals surface area contributed by atoms with E-state index in [2.05, 4.69) is 22.4 Å². The van der Waals surface area contributed by atoms with Gasteiger partial charge in [-0.25, -0.2) is 4.98 Å². The van der Waals surface area contributed by atoms with Crippen LogP contribution in [-0.2, 0) is 0 Å². The second-order valence-electron chi connectivity index (χ2n) is 5.65. The molecule has 0 radical (unpaired) electrons. The van der Waals surface area contributed by atoms with Crippen LogP contribution in [0.5, 0.6) is 0 Å². The van der Waals surface area contributed by atoms with Gasteiger partial charge in [-0.2, -0.15) is 5.10 Å². The van der Waals surface area contributed by atoms with Crippen LogP contribution >= 0.6 is 34.8 Å². The Morgan fingerprint density at radius 2 is 1.85 bits per heavy atom. The van der Waals surface area contributed by atoms with Gasteiger partial charge in [-0.3, -0.25) is 5.43 Å². The van der Waals surface area contributed by atoms with Gasteiger partial charge in [0.25, 0.3) is 0 Å². The van der Waals surface area contributed by atoms with E-state index in [0.29, 0.717) is 20.8 Å². The van der Waals surface area contributed by atoms with Crippen LogP contribution < -0.4 is 5.43 Å². The van der Waals surface area contributed by atoms with Gasteiger partial charge in [0, 0.05) is 17.4 Å². The zero-order valence-corrected chi connectivity index (χ0v) is 16.3. The maximum Gasteiger partial charge on any atom is 0.0952 e. The van der Waals surface area contributed by atoms with Crippen LogP contribution in [0.4, 0.5) is 5.69 Å². The molecule has 0 saturated heterocycles. The van der Waals surface area contributed by atoms with Crippen molar-refractivity contribution in [2.75, 3.05) is 5.43 Å². The summed E-state index contributed by atoms with van der Waals surface area (Å²) in [7, 11) is 0. The molecule has 1 unspecified atom stereocenters. The molecule has 4 nitrogen and oxygen atoms in total. The van der Waals surface area contributed by atoms with Crippen molar-refractivity contribution in [3.63, 3.8) is 0 Å². The molecule has 1 aromatic heterocycles.